The third-order valence-corrected chi connectivity index (χ3v) is 4.58. The molecule has 2 aromatic carbocycles. The number of hydrogen-bond acceptors (Lipinski definition) is 4. The maximum atomic E-state index is 12.8. The zero-order valence-electron chi connectivity index (χ0n) is 15.0. The monoisotopic (exact) mass is 407 g/mol. The molecule has 0 spiro atoms. The third kappa shape index (κ3) is 3.63. The Bertz CT molecular complexity index is 1380. The first-order valence-corrected chi connectivity index (χ1v) is 8.92. The number of nitro groups is 1. The van der Waals surface area contributed by atoms with Crippen LogP contribution in [0, 0.1) is 10.1 Å². The van der Waals surface area contributed by atoms with E-state index in [9.17, 15) is 14.9 Å². The molecule has 4 aromatic rings. The lowest BCUT2D eigenvalue weighted by Crippen LogP contribution is -2.33. The summed E-state index contributed by atoms with van der Waals surface area (Å²) in [5, 5.41) is 15.0. The lowest BCUT2D eigenvalue weighted by atomic mass is 10.1. The average Bonchev–Trinajstić information content (AvgIpc) is 3.28. The number of aromatic amines is 1. The Kier molecular flexibility index (Phi) is 4.66. The van der Waals surface area contributed by atoms with Crippen molar-refractivity contribution in [1.29, 1.82) is 0 Å². The van der Waals surface area contributed by atoms with E-state index in [0.29, 0.717) is 38.4 Å². The molecule has 0 saturated heterocycles. The van der Waals surface area contributed by atoms with Gasteiger partial charge >= 0.3 is 0 Å². The van der Waals surface area contributed by atoms with Crippen molar-refractivity contribution in [3.8, 4) is 17.0 Å². The molecule has 2 aromatic heterocycles. The van der Waals surface area contributed by atoms with Crippen molar-refractivity contribution in [1.82, 2.24) is 9.78 Å². The van der Waals surface area contributed by atoms with E-state index >= 15 is 0 Å². The van der Waals surface area contributed by atoms with Crippen LogP contribution in [0.25, 0.3) is 29.7 Å². The smallest absolute Gasteiger partial charge is 0.279 e. The summed E-state index contributed by atoms with van der Waals surface area (Å²) >= 11 is 6.01. The molecule has 0 unspecified atom stereocenters. The molecule has 0 aliphatic carbocycles. The molecule has 0 aliphatic rings. The zero-order valence-corrected chi connectivity index (χ0v) is 15.7. The topological polar surface area (TPSA) is 94.1 Å². The van der Waals surface area contributed by atoms with Gasteiger partial charge in [-0.2, -0.15) is 0 Å². The van der Waals surface area contributed by atoms with Crippen molar-refractivity contribution in [2.24, 2.45) is 0 Å². The lowest BCUT2D eigenvalue weighted by molar-refractivity contribution is -0.384. The van der Waals surface area contributed by atoms with Gasteiger partial charge in [-0.1, -0.05) is 24.2 Å². The lowest BCUT2D eigenvalue weighted by Gasteiger charge is -2.00. The number of H-pyrrole nitrogens is 1. The number of benzene rings is 2. The molecule has 0 radical (unpaired) electrons. The molecule has 0 atom stereocenters. The highest BCUT2D eigenvalue weighted by Crippen LogP contribution is 2.24. The van der Waals surface area contributed by atoms with Crippen LogP contribution in [0.4, 0.5) is 5.69 Å². The number of aromatic nitrogens is 2. The molecular formula is C21H14ClN3O4. The largest absolute Gasteiger partial charge is 0.457 e. The van der Waals surface area contributed by atoms with Gasteiger partial charge in [-0.25, -0.2) is 4.68 Å². The van der Waals surface area contributed by atoms with Gasteiger partial charge in [0.2, 0.25) is 0 Å². The first-order chi connectivity index (χ1) is 13.9. The van der Waals surface area contributed by atoms with Gasteiger partial charge in [0.1, 0.15) is 11.5 Å². The summed E-state index contributed by atoms with van der Waals surface area (Å²) in [4.78, 5) is 23.1. The van der Waals surface area contributed by atoms with Crippen LogP contribution in [-0.2, 0) is 0 Å². The summed E-state index contributed by atoms with van der Waals surface area (Å²) in [6, 6.07) is 16.4. The van der Waals surface area contributed by atoms with Gasteiger partial charge in [0.25, 0.3) is 11.2 Å². The van der Waals surface area contributed by atoms with E-state index in [0.717, 1.165) is 0 Å². The fourth-order valence-electron chi connectivity index (χ4n) is 2.92. The predicted octanol–water partition coefficient (Wildman–Crippen LogP) is 3.23. The molecule has 4 rings (SSSR count). The first kappa shape index (κ1) is 18.5. The van der Waals surface area contributed by atoms with E-state index in [2.05, 4.69) is 11.7 Å². The minimum Gasteiger partial charge on any atom is -0.457 e. The van der Waals surface area contributed by atoms with Crippen molar-refractivity contribution in [2.75, 3.05) is 0 Å². The Balaban J connectivity index is 1.72. The zero-order chi connectivity index (χ0) is 20.5. The highest BCUT2D eigenvalue weighted by molar-refractivity contribution is 6.30. The summed E-state index contributed by atoms with van der Waals surface area (Å²) in [7, 11) is 0. The van der Waals surface area contributed by atoms with Gasteiger partial charge in [0, 0.05) is 22.7 Å². The standard InChI is InChI=1S/C21H14ClN3O4/c1-13-19(21(26)24(23-13)17-4-2-3-15(22)11-17)12-18-9-10-20(29-18)14-5-7-16(8-6-14)25(27)28/h2-12,23H,1H2/b19-12-. The summed E-state index contributed by atoms with van der Waals surface area (Å²) in [6.07, 6.45) is 1.59. The summed E-state index contributed by atoms with van der Waals surface area (Å²) < 4.78 is 7.14. The van der Waals surface area contributed by atoms with E-state index in [4.69, 9.17) is 16.0 Å². The van der Waals surface area contributed by atoms with Gasteiger partial charge in [0.05, 0.1) is 21.2 Å². The normalized spacial score (nSPS) is 11.7. The van der Waals surface area contributed by atoms with Gasteiger partial charge in [-0.15, -0.1) is 0 Å². The van der Waals surface area contributed by atoms with Crippen LogP contribution in [0.15, 0.2) is 69.9 Å². The Labute approximate surface area is 168 Å². The molecule has 144 valence electrons. The van der Waals surface area contributed by atoms with Crippen molar-refractivity contribution in [3.05, 3.63) is 102 Å². The van der Waals surface area contributed by atoms with E-state index in [-0.39, 0.29) is 11.2 Å². The Hall–Kier alpha value is -3.84. The van der Waals surface area contributed by atoms with E-state index in [1.807, 2.05) is 0 Å². The van der Waals surface area contributed by atoms with Crippen molar-refractivity contribution >= 4 is 29.9 Å². The highest BCUT2D eigenvalue weighted by Gasteiger charge is 2.09. The van der Waals surface area contributed by atoms with Gasteiger partial charge < -0.3 is 4.42 Å². The number of nitrogens with zero attached hydrogens (tertiary/aromatic N) is 2. The molecule has 29 heavy (non-hydrogen) atoms. The number of furan rings is 1. The molecule has 7 nitrogen and oxygen atoms in total. The number of non-ortho nitro benzene ring substituents is 1. The maximum Gasteiger partial charge on any atom is 0.279 e. The summed E-state index contributed by atoms with van der Waals surface area (Å²) in [5.74, 6) is 0.986. The first-order valence-electron chi connectivity index (χ1n) is 8.55. The third-order valence-electron chi connectivity index (χ3n) is 4.35. The second-order valence-electron chi connectivity index (χ2n) is 6.27. The Morgan fingerprint density at radius 2 is 1.90 bits per heavy atom. The van der Waals surface area contributed by atoms with E-state index in [1.165, 1.54) is 16.8 Å². The van der Waals surface area contributed by atoms with Crippen LogP contribution in [0.5, 0.6) is 0 Å². The fraction of sp³-hybridized carbons (Fsp3) is 0. The second-order valence-corrected chi connectivity index (χ2v) is 6.71. The SMILES string of the molecule is C=c1[nH]n(-c2cccc(Cl)c2)c(=O)/c1=C\c1ccc(-c2ccc([N+](=O)[O-])cc2)o1. The quantitative estimate of drug-likeness (QED) is 0.415. The molecule has 0 fully saturated rings. The molecule has 2 heterocycles. The number of hydrogen-bond donors (Lipinski definition) is 1. The molecule has 1 N–H and O–H groups in total. The number of rotatable bonds is 4. The number of nitrogens with one attached hydrogen (secondary N) is 1. The van der Waals surface area contributed by atoms with Crippen molar-refractivity contribution in [3.63, 3.8) is 0 Å². The van der Waals surface area contributed by atoms with Crippen molar-refractivity contribution in [2.45, 2.75) is 0 Å². The van der Waals surface area contributed by atoms with E-state index in [1.54, 1.807) is 54.6 Å². The fourth-order valence-corrected chi connectivity index (χ4v) is 3.10. The van der Waals surface area contributed by atoms with Crippen LogP contribution in [0.3, 0.4) is 0 Å². The van der Waals surface area contributed by atoms with Crippen molar-refractivity contribution < 1.29 is 9.34 Å². The average molecular weight is 408 g/mol. The molecule has 8 heteroatoms. The molecular weight excluding hydrogens is 394 g/mol. The van der Waals surface area contributed by atoms with Gasteiger partial charge in [0.15, 0.2) is 0 Å². The Morgan fingerprint density at radius 1 is 1.14 bits per heavy atom. The molecule has 0 aliphatic heterocycles. The number of halogens is 1. The molecule has 0 saturated carbocycles. The molecule has 0 amide bonds. The Morgan fingerprint density at radius 3 is 2.59 bits per heavy atom. The van der Waals surface area contributed by atoms with Crippen LogP contribution >= 0.6 is 11.6 Å². The highest BCUT2D eigenvalue weighted by atomic mass is 35.5. The van der Waals surface area contributed by atoms with Gasteiger partial charge in [-0.05, 0) is 48.5 Å². The summed E-state index contributed by atoms with van der Waals surface area (Å²) in [5.41, 5.74) is 1.00. The van der Waals surface area contributed by atoms with Crippen LogP contribution < -0.4 is 16.1 Å². The predicted molar refractivity (Wildman–Crippen MR) is 111 cm³/mol. The maximum absolute atomic E-state index is 12.8. The number of nitro benzene ring substituents is 1. The second kappa shape index (κ2) is 7.29. The molecule has 0 bridgehead atoms. The van der Waals surface area contributed by atoms with Crippen LogP contribution in [0.2, 0.25) is 5.02 Å². The summed E-state index contributed by atoms with van der Waals surface area (Å²) in [6.45, 7) is 3.89. The van der Waals surface area contributed by atoms with Crippen LogP contribution in [0.1, 0.15) is 5.76 Å². The van der Waals surface area contributed by atoms with Gasteiger partial charge in [-0.3, -0.25) is 20.0 Å². The van der Waals surface area contributed by atoms with Crippen LogP contribution in [-0.4, -0.2) is 14.7 Å². The van der Waals surface area contributed by atoms with E-state index < -0.39 is 4.92 Å². The minimum absolute atomic E-state index is 0.00248. The minimum atomic E-state index is -0.461.